The molecule has 1 aromatic carbocycles. The van der Waals surface area contributed by atoms with Gasteiger partial charge in [-0.2, -0.15) is 0 Å². The Hall–Kier alpha value is -0.740. The van der Waals surface area contributed by atoms with Crippen molar-refractivity contribution in [2.45, 2.75) is 39.2 Å². The van der Waals surface area contributed by atoms with Crippen molar-refractivity contribution in [2.75, 3.05) is 6.54 Å². The monoisotopic (exact) mass is 315 g/mol. The van der Waals surface area contributed by atoms with E-state index in [9.17, 15) is 9.18 Å². The lowest BCUT2D eigenvalue weighted by Crippen LogP contribution is -2.24. The summed E-state index contributed by atoms with van der Waals surface area (Å²) < 4.78 is 13.4. The number of hydrogen-bond donors (Lipinski definition) is 1. The van der Waals surface area contributed by atoms with Crippen LogP contribution in [0.15, 0.2) is 22.7 Å². The summed E-state index contributed by atoms with van der Waals surface area (Å²) in [5, 5.41) is 3.27. The van der Waals surface area contributed by atoms with Crippen molar-refractivity contribution >= 4 is 21.7 Å². The minimum absolute atomic E-state index is 0.194. The van der Waals surface area contributed by atoms with Crippen LogP contribution in [0.25, 0.3) is 0 Å². The molecule has 1 aromatic rings. The predicted octanol–water partition coefficient (Wildman–Crippen LogP) is 3.48. The van der Waals surface area contributed by atoms with Gasteiger partial charge in [-0.3, -0.25) is 4.79 Å². The number of carbonyl (C=O) groups excluding carboxylic acids is 1. The Bertz CT molecular complexity index is 407. The van der Waals surface area contributed by atoms with Crippen molar-refractivity contribution < 1.29 is 9.18 Å². The Kier molecular flexibility index (Phi) is 6.50. The smallest absolute Gasteiger partial charge is 0.137 e. The normalized spacial score (nSPS) is 10.9. The van der Waals surface area contributed by atoms with Gasteiger partial charge in [0, 0.05) is 18.9 Å². The lowest BCUT2D eigenvalue weighted by Gasteiger charge is -2.07. The topological polar surface area (TPSA) is 29.1 Å². The maximum Gasteiger partial charge on any atom is 0.137 e. The quantitative estimate of drug-likeness (QED) is 0.780. The molecule has 0 saturated carbocycles. The van der Waals surface area contributed by atoms with Crippen molar-refractivity contribution in [1.29, 1.82) is 0 Å². The van der Waals surface area contributed by atoms with E-state index < -0.39 is 0 Å². The van der Waals surface area contributed by atoms with Gasteiger partial charge in [-0.25, -0.2) is 4.39 Å². The van der Waals surface area contributed by atoms with E-state index >= 15 is 0 Å². The first-order chi connectivity index (χ1) is 8.49. The summed E-state index contributed by atoms with van der Waals surface area (Å²) in [5.41, 5.74) is 0.852. The maximum atomic E-state index is 13.0. The van der Waals surface area contributed by atoms with Gasteiger partial charge in [-0.05, 0) is 46.6 Å². The maximum absolute atomic E-state index is 13.0. The lowest BCUT2D eigenvalue weighted by atomic mass is 10.1. The first-order valence-electron chi connectivity index (χ1n) is 6.18. The number of nitrogens with one attached hydrogen (secondary N) is 1. The SMILES string of the molecule is CC(C)NCCCC(=O)Cc1ccc(F)c(Br)c1. The van der Waals surface area contributed by atoms with Crippen LogP contribution in [0, 0.1) is 5.82 Å². The van der Waals surface area contributed by atoms with Gasteiger partial charge in [0.05, 0.1) is 4.47 Å². The molecule has 0 aliphatic heterocycles. The first kappa shape index (κ1) is 15.3. The van der Waals surface area contributed by atoms with Gasteiger partial charge in [-0.1, -0.05) is 19.9 Å². The Morgan fingerprint density at radius 2 is 2.17 bits per heavy atom. The second-order valence-corrected chi connectivity index (χ2v) is 5.53. The second-order valence-electron chi connectivity index (χ2n) is 4.68. The molecule has 4 heteroatoms. The third-order valence-corrected chi connectivity index (χ3v) is 3.18. The second kappa shape index (κ2) is 7.64. The first-order valence-corrected chi connectivity index (χ1v) is 6.97. The van der Waals surface area contributed by atoms with Crippen LogP contribution in [0.2, 0.25) is 0 Å². The van der Waals surface area contributed by atoms with E-state index in [-0.39, 0.29) is 11.6 Å². The molecule has 0 radical (unpaired) electrons. The van der Waals surface area contributed by atoms with Crippen LogP contribution >= 0.6 is 15.9 Å². The van der Waals surface area contributed by atoms with E-state index in [4.69, 9.17) is 0 Å². The van der Waals surface area contributed by atoms with Crippen LogP contribution < -0.4 is 5.32 Å². The van der Waals surface area contributed by atoms with E-state index in [2.05, 4.69) is 35.1 Å². The Balaban J connectivity index is 2.33. The average Bonchev–Trinajstić information content (AvgIpc) is 2.29. The zero-order chi connectivity index (χ0) is 13.5. The zero-order valence-corrected chi connectivity index (χ0v) is 12.4. The molecule has 0 atom stereocenters. The molecule has 0 heterocycles. The highest BCUT2D eigenvalue weighted by atomic mass is 79.9. The number of halogens is 2. The summed E-state index contributed by atoms with van der Waals surface area (Å²) in [4.78, 5) is 11.7. The van der Waals surface area contributed by atoms with Gasteiger partial charge in [0.2, 0.25) is 0 Å². The highest BCUT2D eigenvalue weighted by molar-refractivity contribution is 9.10. The number of rotatable bonds is 7. The number of ketones is 1. The fraction of sp³-hybridized carbons (Fsp3) is 0.500. The van der Waals surface area contributed by atoms with Gasteiger partial charge in [0.25, 0.3) is 0 Å². The number of hydrogen-bond acceptors (Lipinski definition) is 2. The molecule has 0 spiro atoms. The minimum Gasteiger partial charge on any atom is -0.315 e. The van der Waals surface area contributed by atoms with Gasteiger partial charge in [0.1, 0.15) is 11.6 Å². The van der Waals surface area contributed by atoms with Crippen molar-refractivity contribution in [3.63, 3.8) is 0 Å². The number of carbonyl (C=O) groups is 1. The molecule has 100 valence electrons. The molecule has 0 amide bonds. The van der Waals surface area contributed by atoms with Crippen LogP contribution in [0.4, 0.5) is 4.39 Å². The molecule has 0 unspecified atom stereocenters. The van der Waals surface area contributed by atoms with Crippen LogP contribution in [0.5, 0.6) is 0 Å². The molecule has 2 nitrogen and oxygen atoms in total. The van der Waals surface area contributed by atoms with Crippen molar-refractivity contribution in [1.82, 2.24) is 5.32 Å². The van der Waals surface area contributed by atoms with Crippen molar-refractivity contribution in [2.24, 2.45) is 0 Å². The fourth-order valence-corrected chi connectivity index (χ4v) is 2.07. The Morgan fingerprint density at radius 1 is 1.44 bits per heavy atom. The molecular weight excluding hydrogens is 297 g/mol. The van der Waals surface area contributed by atoms with Gasteiger partial charge < -0.3 is 5.32 Å². The lowest BCUT2D eigenvalue weighted by molar-refractivity contribution is -0.118. The predicted molar refractivity (Wildman–Crippen MR) is 75.2 cm³/mol. The standard InChI is InChI=1S/C14H19BrFNO/c1-10(2)17-7-3-4-12(18)8-11-5-6-14(16)13(15)9-11/h5-6,9-10,17H,3-4,7-8H2,1-2H3. The minimum atomic E-state index is -0.299. The van der Waals surface area contributed by atoms with Crippen molar-refractivity contribution in [3.05, 3.63) is 34.1 Å². The van der Waals surface area contributed by atoms with Crippen LogP contribution in [0.1, 0.15) is 32.3 Å². The molecule has 0 aliphatic carbocycles. The van der Waals surface area contributed by atoms with Crippen LogP contribution in [-0.2, 0) is 11.2 Å². The molecule has 0 fully saturated rings. The molecule has 1 N–H and O–H groups in total. The van der Waals surface area contributed by atoms with E-state index in [0.29, 0.717) is 23.4 Å². The third kappa shape index (κ3) is 5.74. The fourth-order valence-electron chi connectivity index (χ4n) is 1.64. The summed E-state index contributed by atoms with van der Waals surface area (Å²) in [6.45, 7) is 5.02. The molecule has 0 bridgehead atoms. The zero-order valence-electron chi connectivity index (χ0n) is 10.8. The van der Waals surface area contributed by atoms with E-state index in [1.54, 1.807) is 12.1 Å². The van der Waals surface area contributed by atoms with Gasteiger partial charge in [-0.15, -0.1) is 0 Å². The largest absolute Gasteiger partial charge is 0.315 e. The molecule has 1 rings (SSSR count). The highest BCUT2D eigenvalue weighted by Gasteiger charge is 2.06. The summed E-state index contributed by atoms with van der Waals surface area (Å²) in [6.07, 6.45) is 1.79. The van der Waals surface area contributed by atoms with Crippen LogP contribution in [0.3, 0.4) is 0 Å². The summed E-state index contributed by atoms with van der Waals surface area (Å²) in [7, 11) is 0. The summed E-state index contributed by atoms with van der Waals surface area (Å²) >= 11 is 3.12. The van der Waals surface area contributed by atoms with Gasteiger partial charge >= 0.3 is 0 Å². The molecule has 18 heavy (non-hydrogen) atoms. The third-order valence-electron chi connectivity index (χ3n) is 2.57. The molecular formula is C14H19BrFNO. The molecule has 0 aliphatic rings. The number of Topliss-reactive ketones (excluding diaryl/α,β-unsaturated/α-hetero) is 1. The average molecular weight is 316 g/mol. The number of benzene rings is 1. The van der Waals surface area contributed by atoms with E-state index in [1.165, 1.54) is 6.07 Å². The van der Waals surface area contributed by atoms with Gasteiger partial charge in [0.15, 0.2) is 0 Å². The van der Waals surface area contributed by atoms with Crippen LogP contribution in [-0.4, -0.2) is 18.4 Å². The Labute approximate surface area is 116 Å². The van der Waals surface area contributed by atoms with E-state index in [0.717, 1.165) is 18.5 Å². The summed E-state index contributed by atoms with van der Waals surface area (Å²) in [5.74, 6) is -0.105. The molecule has 0 aromatic heterocycles. The highest BCUT2D eigenvalue weighted by Crippen LogP contribution is 2.17. The Morgan fingerprint density at radius 3 is 2.78 bits per heavy atom. The van der Waals surface area contributed by atoms with E-state index in [1.807, 2.05) is 0 Å². The molecule has 0 saturated heterocycles. The summed E-state index contributed by atoms with van der Waals surface area (Å²) in [6, 6.07) is 5.16. The van der Waals surface area contributed by atoms with Crippen molar-refractivity contribution in [3.8, 4) is 0 Å².